The van der Waals surface area contributed by atoms with Crippen molar-refractivity contribution >= 4 is 5.91 Å². The van der Waals surface area contributed by atoms with E-state index in [1.807, 2.05) is 13.8 Å². The molecule has 1 aromatic rings. The van der Waals surface area contributed by atoms with Gasteiger partial charge in [0.2, 0.25) is 0 Å². The lowest BCUT2D eigenvalue weighted by atomic mass is 10.1. The lowest BCUT2D eigenvalue weighted by molar-refractivity contribution is 0.0948. The molecule has 0 radical (unpaired) electrons. The summed E-state index contributed by atoms with van der Waals surface area (Å²) in [5, 5.41) is 2.69. The van der Waals surface area contributed by atoms with Crippen molar-refractivity contribution in [1.82, 2.24) is 5.32 Å². The average Bonchev–Trinajstić information content (AvgIpc) is 2.27. The Kier molecular flexibility index (Phi) is 5.10. The van der Waals surface area contributed by atoms with Crippen LogP contribution in [-0.4, -0.2) is 18.5 Å². The van der Waals surface area contributed by atoms with Gasteiger partial charge in [0.25, 0.3) is 5.91 Å². The molecule has 0 aliphatic heterocycles. The van der Waals surface area contributed by atoms with Crippen molar-refractivity contribution in [2.45, 2.75) is 32.7 Å². The first-order valence-corrected chi connectivity index (χ1v) is 5.80. The highest BCUT2D eigenvalue weighted by molar-refractivity contribution is 5.94. The Bertz CT molecular complexity index is 391. The van der Waals surface area contributed by atoms with Gasteiger partial charge in [-0.3, -0.25) is 4.79 Å². The monoisotopic (exact) mass is 238 g/mol. The summed E-state index contributed by atoms with van der Waals surface area (Å²) < 4.78 is 13.4. The summed E-state index contributed by atoms with van der Waals surface area (Å²) in [6.45, 7) is 4.27. The molecule has 0 fully saturated rings. The zero-order valence-electron chi connectivity index (χ0n) is 10.3. The average molecular weight is 238 g/mol. The number of hydrogen-bond acceptors (Lipinski definition) is 2. The maximum absolute atomic E-state index is 13.4. The highest BCUT2D eigenvalue weighted by Crippen LogP contribution is 2.09. The Morgan fingerprint density at radius 3 is 2.88 bits per heavy atom. The molecule has 0 heterocycles. The van der Waals surface area contributed by atoms with E-state index in [2.05, 4.69) is 5.32 Å². The Morgan fingerprint density at radius 2 is 2.24 bits per heavy atom. The van der Waals surface area contributed by atoms with Crippen LogP contribution in [0.25, 0.3) is 0 Å². The van der Waals surface area contributed by atoms with Crippen LogP contribution in [-0.2, 0) is 0 Å². The second-order valence-electron chi connectivity index (χ2n) is 4.36. The Balaban J connectivity index is 2.49. The van der Waals surface area contributed by atoms with Crippen LogP contribution in [0.1, 0.15) is 35.7 Å². The van der Waals surface area contributed by atoms with Gasteiger partial charge in [-0.05, 0) is 38.8 Å². The van der Waals surface area contributed by atoms with E-state index in [9.17, 15) is 9.18 Å². The summed E-state index contributed by atoms with van der Waals surface area (Å²) >= 11 is 0. The summed E-state index contributed by atoms with van der Waals surface area (Å²) in [4.78, 5) is 11.7. The van der Waals surface area contributed by atoms with E-state index in [0.29, 0.717) is 6.54 Å². The van der Waals surface area contributed by atoms with E-state index >= 15 is 0 Å². The number of rotatable bonds is 5. The van der Waals surface area contributed by atoms with E-state index in [4.69, 9.17) is 5.73 Å². The number of hydrogen-bond donors (Lipinski definition) is 2. The molecule has 0 saturated heterocycles. The molecule has 1 amide bonds. The largest absolute Gasteiger partial charge is 0.352 e. The molecular weight excluding hydrogens is 219 g/mol. The van der Waals surface area contributed by atoms with Crippen LogP contribution in [0.3, 0.4) is 0 Å². The summed E-state index contributed by atoms with van der Waals surface area (Å²) in [6.07, 6.45) is 1.65. The molecule has 0 bridgehead atoms. The van der Waals surface area contributed by atoms with Crippen LogP contribution in [0.5, 0.6) is 0 Å². The van der Waals surface area contributed by atoms with Gasteiger partial charge in [-0.15, -0.1) is 0 Å². The molecule has 1 atom stereocenters. The number of nitrogens with two attached hydrogens (primary N) is 1. The normalized spacial score (nSPS) is 12.2. The fraction of sp³-hybridized carbons (Fsp3) is 0.462. The molecule has 0 saturated carbocycles. The lowest BCUT2D eigenvalue weighted by Crippen LogP contribution is -2.26. The molecule has 0 aliphatic rings. The summed E-state index contributed by atoms with van der Waals surface area (Å²) in [7, 11) is 0. The minimum absolute atomic E-state index is 0.103. The smallest absolute Gasteiger partial charge is 0.254 e. The van der Waals surface area contributed by atoms with Crippen LogP contribution in [0, 0.1) is 12.7 Å². The van der Waals surface area contributed by atoms with Gasteiger partial charge in [0.05, 0.1) is 5.56 Å². The maximum Gasteiger partial charge on any atom is 0.254 e. The molecule has 1 unspecified atom stereocenters. The first-order chi connectivity index (χ1) is 8.00. The molecule has 1 aromatic carbocycles. The minimum Gasteiger partial charge on any atom is -0.352 e. The Hall–Kier alpha value is -1.42. The maximum atomic E-state index is 13.4. The van der Waals surface area contributed by atoms with Crippen LogP contribution >= 0.6 is 0 Å². The predicted molar refractivity (Wildman–Crippen MR) is 66.4 cm³/mol. The molecule has 0 aliphatic carbocycles. The lowest BCUT2D eigenvalue weighted by Gasteiger charge is -2.08. The molecule has 17 heavy (non-hydrogen) atoms. The number of benzene rings is 1. The highest BCUT2D eigenvalue weighted by Gasteiger charge is 2.10. The third-order valence-corrected chi connectivity index (χ3v) is 2.49. The zero-order valence-corrected chi connectivity index (χ0v) is 10.3. The van der Waals surface area contributed by atoms with Gasteiger partial charge in [0.15, 0.2) is 0 Å². The van der Waals surface area contributed by atoms with Crippen LogP contribution in [0.2, 0.25) is 0 Å². The van der Waals surface area contributed by atoms with Crippen molar-refractivity contribution < 1.29 is 9.18 Å². The van der Waals surface area contributed by atoms with E-state index < -0.39 is 5.82 Å². The molecule has 0 spiro atoms. The van der Waals surface area contributed by atoms with Crippen LogP contribution < -0.4 is 11.1 Å². The van der Waals surface area contributed by atoms with Gasteiger partial charge in [-0.2, -0.15) is 0 Å². The van der Waals surface area contributed by atoms with Gasteiger partial charge in [0.1, 0.15) is 5.82 Å². The number of carbonyl (C=O) groups is 1. The first-order valence-electron chi connectivity index (χ1n) is 5.80. The molecule has 1 rings (SSSR count). The summed E-state index contributed by atoms with van der Waals surface area (Å²) in [6, 6.07) is 4.63. The molecule has 3 nitrogen and oxygen atoms in total. The predicted octanol–water partition coefficient (Wildman–Crippen LogP) is 1.99. The molecule has 0 aromatic heterocycles. The number of amides is 1. The molecule has 4 heteroatoms. The van der Waals surface area contributed by atoms with Gasteiger partial charge < -0.3 is 11.1 Å². The fourth-order valence-electron chi connectivity index (χ4n) is 1.53. The van der Waals surface area contributed by atoms with Gasteiger partial charge >= 0.3 is 0 Å². The van der Waals surface area contributed by atoms with Crippen molar-refractivity contribution in [3.63, 3.8) is 0 Å². The third-order valence-electron chi connectivity index (χ3n) is 2.49. The molecular formula is C13H19FN2O. The van der Waals surface area contributed by atoms with Gasteiger partial charge in [-0.25, -0.2) is 4.39 Å². The number of halogens is 1. The number of nitrogens with one attached hydrogen (secondary N) is 1. The van der Waals surface area contributed by atoms with E-state index in [0.717, 1.165) is 18.4 Å². The summed E-state index contributed by atoms with van der Waals surface area (Å²) in [5.41, 5.74) is 6.56. The van der Waals surface area contributed by atoms with E-state index in [1.54, 1.807) is 12.1 Å². The number of carbonyl (C=O) groups excluding carboxylic acids is 1. The topological polar surface area (TPSA) is 55.1 Å². The Labute approximate surface area is 101 Å². The molecule has 94 valence electrons. The third kappa shape index (κ3) is 4.53. The van der Waals surface area contributed by atoms with Gasteiger partial charge in [0, 0.05) is 12.6 Å². The Morgan fingerprint density at radius 1 is 1.53 bits per heavy atom. The van der Waals surface area contributed by atoms with Crippen molar-refractivity contribution in [3.05, 3.63) is 35.1 Å². The molecule has 3 N–H and O–H groups in total. The van der Waals surface area contributed by atoms with Crippen LogP contribution in [0.15, 0.2) is 18.2 Å². The fourth-order valence-corrected chi connectivity index (χ4v) is 1.53. The van der Waals surface area contributed by atoms with Crippen LogP contribution in [0.4, 0.5) is 4.39 Å². The second kappa shape index (κ2) is 6.35. The van der Waals surface area contributed by atoms with Gasteiger partial charge in [-0.1, -0.05) is 11.6 Å². The first kappa shape index (κ1) is 13.6. The van der Waals surface area contributed by atoms with Crippen molar-refractivity contribution in [1.29, 1.82) is 0 Å². The van der Waals surface area contributed by atoms with Crippen molar-refractivity contribution in [2.75, 3.05) is 6.54 Å². The second-order valence-corrected chi connectivity index (χ2v) is 4.36. The number of aryl methyl sites for hydroxylation is 1. The SMILES string of the molecule is Cc1ccc(F)c(C(=O)NCCCC(C)N)c1. The quantitative estimate of drug-likeness (QED) is 0.771. The highest BCUT2D eigenvalue weighted by atomic mass is 19.1. The summed E-state index contributed by atoms with van der Waals surface area (Å²) in [5.74, 6) is -0.851. The van der Waals surface area contributed by atoms with Crippen molar-refractivity contribution in [2.24, 2.45) is 5.73 Å². The van der Waals surface area contributed by atoms with Crippen molar-refractivity contribution in [3.8, 4) is 0 Å². The van der Waals surface area contributed by atoms with E-state index in [1.165, 1.54) is 6.07 Å². The van der Waals surface area contributed by atoms with E-state index in [-0.39, 0.29) is 17.5 Å². The standard InChI is InChI=1S/C13H19FN2O/c1-9-5-6-12(14)11(8-9)13(17)16-7-3-4-10(2)15/h5-6,8,10H,3-4,7,15H2,1-2H3,(H,16,17). The minimum atomic E-state index is -0.486. The zero-order chi connectivity index (χ0) is 12.8.